The van der Waals surface area contributed by atoms with Crippen LogP contribution in [0, 0.1) is 0 Å². The summed E-state index contributed by atoms with van der Waals surface area (Å²) in [6.07, 6.45) is 1.18. The van der Waals surface area contributed by atoms with E-state index in [9.17, 15) is 4.79 Å². The van der Waals surface area contributed by atoms with Gasteiger partial charge in [0.05, 0.1) is 6.04 Å². The van der Waals surface area contributed by atoms with Crippen LogP contribution in [-0.2, 0) is 4.79 Å². The van der Waals surface area contributed by atoms with Crippen LogP contribution < -0.4 is 0 Å². The zero-order valence-corrected chi connectivity index (χ0v) is 12.0. The number of para-hydroxylation sites is 1. The second kappa shape index (κ2) is 6.11. The fourth-order valence-corrected chi connectivity index (χ4v) is 2.14. The topological polar surface area (TPSA) is 33.5 Å². The van der Waals surface area contributed by atoms with Crippen molar-refractivity contribution >= 4 is 28.5 Å². The molecule has 1 heterocycles. The summed E-state index contributed by atoms with van der Waals surface area (Å²) in [6, 6.07) is 9.77. The predicted molar refractivity (Wildman–Crippen MR) is 77.4 cm³/mol. The Morgan fingerprint density at radius 2 is 2.16 bits per heavy atom. The lowest BCUT2D eigenvalue weighted by Crippen LogP contribution is -2.29. The summed E-state index contributed by atoms with van der Waals surface area (Å²) >= 11 is 5.61. The van der Waals surface area contributed by atoms with E-state index >= 15 is 0 Å². The van der Waals surface area contributed by atoms with E-state index in [1.807, 2.05) is 37.3 Å². The van der Waals surface area contributed by atoms with Crippen LogP contribution in [0.25, 0.3) is 11.0 Å². The van der Waals surface area contributed by atoms with Crippen LogP contribution in [0.2, 0.25) is 0 Å². The Balaban J connectivity index is 2.14. The maximum absolute atomic E-state index is 12.0. The van der Waals surface area contributed by atoms with E-state index < -0.39 is 0 Å². The molecule has 1 unspecified atom stereocenters. The fraction of sp³-hybridized carbons (Fsp3) is 0.400. The van der Waals surface area contributed by atoms with Crippen molar-refractivity contribution in [3.63, 3.8) is 0 Å². The van der Waals surface area contributed by atoms with Gasteiger partial charge in [0.1, 0.15) is 11.3 Å². The maximum atomic E-state index is 12.0. The number of carbonyl (C=O) groups is 1. The molecule has 1 aromatic heterocycles. The highest BCUT2D eigenvalue weighted by molar-refractivity contribution is 6.17. The molecule has 0 spiro atoms. The second-order valence-corrected chi connectivity index (χ2v) is 5.04. The Morgan fingerprint density at radius 1 is 1.42 bits per heavy atom. The predicted octanol–water partition coefficient (Wildman–Crippen LogP) is 3.97. The van der Waals surface area contributed by atoms with Crippen molar-refractivity contribution in [2.45, 2.75) is 25.8 Å². The van der Waals surface area contributed by atoms with Gasteiger partial charge in [-0.1, -0.05) is 18.2 Å². The lowest BCUT2D eigenvalue weighted by Gasteiger charge is -2.23. The molecule has 1 amide bonds. The number of halogens is 1. The van der Waals surface area contributed by atoms with Gasteiger partial charge in [-0.3, -0.25) is 4.79 Å². The number of fused-ring (bicyclic) bond motifs is 1. The first-order valence-corrected chi connectivity index (χ1v) is 6.97. The molecule has 0 aliphatic rings. The highest BCUT2D eigenvalue weighted by atomic mass is 35.5. The van der Waals surface area contributed by atoms with Gasteiger partial charge < -0.3 is 9.32 Å². The van der Waals surface area contributed by atoms with E-state index in [2.05, 4.69) is 0 Å². The van der Waals surface area contributed by atoms with E-state index in [-0.39, 0.29) is 11.9 Å². The molecule has 0 saturated carbocycles. The van der Waals surface area contributed by atoms with Crippen molar-refractivity contribution in [2.75, 3.05) is 12.9 Å². The third-order valence-corrected chi connectivity index (χ3v) is 3.62. The molecule has 3 nitrogen and oxygen atoms in total. The Morgan fingerprint density at radius 3 is 2.84 bits per heavy atom. The summed E-state index contributed by atoms with van der Waals surface area (Å²) in [5.74, 6) is 1.41. The lowest BCUT2D eigenvalue weighted by molar-refractivity contribution is -0.132. The van der Waals surface area contributed by atoms with Crippen LogP contribution in [0.4, 0.5) is 0 Å². The molecule has 0 radical (unpaired) electrons. The first kappa shape index (κ1) is 13.9. The molecule has 2 rings (SSSR count). The van der Waals surface area contributed by atoms with E-state index in [1.54, 1.807) is 11.9 Å². The molecule has 0 aliphatic heterocycles. The largest absolute Gasteiger partial charge is 0.459 e. The number of alkyl halides is 1. The Bertz CT molecular complexity index is 531. The molecule has 1 aromatic carbocycles. The molecular weight excluding hydrogens is 262 g/mol. The number of hydrogen-bond donors (Lipinski definition) is 0. The minimum atomic E-state index is -0.0739. The molecule has 0 bridgehead atoms. The van der Waals surface area contributed by atoms with Gasteiger partial charge in [-0.15, -0.1) is 11.6 Å². The van der Waals surface area contributed by atoms with Crippen LogP contribution in [0.5, 0.6) is 0 Å². The van der Waals surface area contributed by atoms with Crippen molar-refractivity contribution in [3.05, 3.63) is 36.1 Å². The lowest BCUT2D eigenvalue weighted by atomic mass is 10.2. The average Bonchev–Trinajstić information content (AvgIpc) is 2.86. The molecule has 0 aliphatic carbocycles. The third kappa shape index (κ3) is 3.10. The number of carbonyl (C=O) groups excluding carboxylic acids is 1. The van der Waals surface area contributed by atoms with Crippen LogP contribution in [-0.4, -0.2) is 23.7 Å². The van der Waals surface area contributed by atoms with E-state index in [1.165, 1.54) is 0 Å². The molecule has 4 heteroatoms. The molecular formula is C15H18ClNO2. The van der Waals surface area contributed by atoms with Crippen LogP contribution >= 0.6 is 11.6 Å². The van der Waals surface area contributed by atoms with Crippen molar-refractivity contribution < 1.29 is 9.21 Å². The standard InChI is InChI=1S/C15H18ClNO2/c1-11(17(2)15(18)8-5-9-16)14-10-12-6-3-4-7-13(12)19-14/h3-4,6-7,10-11H,5,8-9H2,1-2H3. The van der Waals surface area contributed by atoms with Crippen molar-refractivity contribution in [2.24, 2.45) is 0 Å². The zero-order valence-electron chi connectivity index (χ0n) is 11.2. The molecule has 1 atom stereocenters. The fourth-order valence-electron chi connectivity index (χ4n) is 2.01. The summed E-state index contributed by atoms with van der Waals surface area (Å²) in [5.41, 5.74) is 0.853. The van der Waals surface area contributed by atoms with Gasteiger partial charge in [-0.25, -0.2) is 0 Å². The Hall–Kier alpha value is -1.48. The van der Waals surface area contributed by atoms with Gasteiger partial charge in [-0.05, 0) is 25.5 Å². The number of rotatable bonds is 5. The summed E-state index contributed by atoms with van der Waals surface area (Å²) in [5, 5.41) is 1.06. The van der Waals surface area contributed by atoms with Crippen molar-refractivity contribution in [1.82, 2.24) is 4.90 Å². The number of amides is 1. The summed E-state index contributed by atoms with van der Waals surface area (Å²) < 4.78 is 5.79. The van der Waals surface area contributed by atoms with Crippen LogP contribution in [0.1, 0.15) is 31.6 Å². The maximum Gasteiger partial charge on any atom is 0.222 e. The monoisotopic (exact) mass is 279 g/mol. The van der Waals surface area contributed by atoms with Gasteiger partial charge in [0, 0.05) is 24.7 Å². The first-order chi connectivity index (χ1) is 9.13. The SMILES string of the molecule is CC(c1cc2ccccc2o1)N(C)C(=O)CCCCl. The van der Waals surface area contributed by atoms with Gasteiger partial charge in [0.2, 0.25) is 5.91 Å². The number of nitrogens with zero attached hydrogens (tertiary/aromatic N) is 1. The summed E-state index contributed by atoms with van der Waals surface area (Å²) in [4.78, 5) is 13.7. The Labute approximate surface area is 118 Å². The van der Waals surface area contributed by atoms with Gasteiger partial charge >= 0.3 is 0 Å². The van der Waals surface area contributed by atoms with Gasteiger partial charge in [-0.2, -0.15) is 0 Å². The van der Waals surface area contributed by atoms with Crippen molar-refractivity contribution in [3.8, 4) is 0 Å². The first-order valence-electron chi connectivity index (χ1n) is 6.43. The normalized spacial score (nSPS) is 12.6. The van der Waals surface area contributed by atoms with Crippen LogP contribution in [0.3, 0.4) is 0 Å². The van der Waals surface area contributed by atoms with E-state index in [0.717, 1.165) is 16.7 Å². The average molecular weight is 280 g/mol. The molecule has 102 valence electrons. The quantitative estimate of drug-likeness (QED) is 0.776. The summed E-state index contributed by atoms with van der Waals surface area (Å²) in [7, 11) is 1.80. The molecule has 0 fully saturated rings. The van der Waals surface area contributed by atoms with E-state index in [4.69, 9.17) is 16.0 Å². The number of furan rings is 1. The highest BCUT2D eigenvalue weighted by Crippen LogP contribution is 2.26. The summed E-state index contributed by atoms with van der Waals surface area (Å²) in [6.45, 7) is 1.97. The molecule has 19 heavy (non-hydrogen) atoms. The second-order valence-electron chi connectivity index (χ2n) is 4.66. The van der Waals surface area contributed by atoms with Gasteiger partial charge in [0.25, 0.3) is 0 Å². The highest BCUT2D eigenvalue weighted by Gasteiger charge is 2.20. The molecule has 0 N–H and O–H groups in total. The van der Waals surface area contributed by atoms with E-state index in [0.29, 0.717) is 18.7 Å². The smallest absolute Gasteiger partial charge is 0.222 e. The molecule has 0 saturated heterocycles. The Kier molecular flexibility index (Phi) is 4.48. The minimum absolute atomic E-state index is 0.0739. The minimum Gasteiger partial charge on any atom is -0.459 e. The van der Waals surface area contributed by atoms with Crippen LogP contribution in [0.15, 0.2) is 34.7 Å². The van der Waals surface area contributed by atoms with Gasteiger partial charge in [0.15, 0.2) is 0 Å². The third-order valence-electron chi connectivity index (χ3n) is 3.35. The number of benzene rings is 1. The molecule has 2 aromatic rings. The zero-order chi connectivity index (χ0) is 13.8. The number of hydrogen-bond acceptors (Lipinski definition) is 2. The van der Waals surface area contributed by atoms with Crippen molar-refractivity contribution in [1.29, 1.82) is 0 Å².